The van der Waals surface area contributed by atoms with Crippen LogP contribution in [0.4, 0.5) is 19.0 Å². The summed E-state index contributed by atoms with van der Waals surface area (Å²) in [5.74, 6) is 1.71. The van der Waals surface area contributed by atoms with Gasteiger partial charge < -0.3 is 34.2 Å². The highest BCUT2D eigenvalue weighted by molar-refractivity contribution is 5.87. The van der Waals surface area contributed by atoms with Gasteiger partial charge in [0.1, 0.15) is 17.9 Å². The van der Waals surface area contributed by atoms with Gasteiger partial charge in [0.15, 0.2) is 17.1 Å². The van der Waals surface area contributed by atoms with Crippen LogP contribution in [0.25, 0.3) is 11.0 Å². The van der Waals surface area contributed by atoms with Crippen LogP contribution in [-0.4, -0.2) is 108 Å². The Morgan fingerprint density at radius 2 is 1.72 bits per heavy atom. The topological polar surface area (TPSA) is 127 Å². The van der Waals surface area contributed by atoms with Crippen LogP contribution < -0.4 is 24.4 Å². The first kappa shape index (κ1) is 36.2. The summed E-state index contributed by atoms with van der Waals surface area (Å²) >= 11 is 0. The first-order valence-electron chi connectivity index (χ1n) is 17.8. The Morgan fingerprint density at radius 3 is 2.42 bits per heavy atom. The van der Waals surface area contributed by atoms with Crippen molar-refractivity contribution in [1.29, 1.82) is 0 Å². The standard InChI is InChI=1S/C37H43F3N8O5/c1-41-21-32(49)47-12-9-26-18-30(51-2)31(52-3)19-29(26)36(47)10-7-25(8-11-36)35(50)46-15-13-45(14-16-46)33-28-20-44-48(34(28)43-23-42-33)22-24-5-4-6-27(17-24)53-37(38,39)40/h4-6,17-20,23,25,41H,7-16,21-22H2,1-3H3/t25-,36+. The van der Waals surface area contributed by atoms with Crippen molar-refractivity contribution in [2.45, 2.75) is 50.6 Å². The first-order valence-corrected chi connectivity index (χ1v) is 17.8. The summed E-state index contributed by atoms with van der Waals surface area (Å²) in [6, 6.07) is 9.82. The Kier molecular flexibility index (Phi) is 10.1. The van der Waals surface area contributed by atoms with Crippen LogP contribution >= 0.6 is 0 Å². The van der Waals surface area contributed by atoms with Crippen molar-refractivity contribution in [2.24, 2.45) is 5.92 Å². The van der Waals surface area contributed by atoms with Crippen molar-refractivity contribution < 1.29 is 37.0 Å². The molecular weight excluding hydrogens is 693 g/mol. The molecule has 1 spiro atoms. The van der Waals surface area contributed by atoms with Crippen molar-refractivity contribution in [3.63, 3.8) is 0 Å². The number of anilines is 1. The molecule has 1 aliphatic carbocycles. The van der Waals surface area contributed by atoms with Gasteiger partial charge in [0.2, 0.25) is 11.8 Å². The summed E-state index contributed by atoms with van der Waals surface area (Å²) in [6.07, 6.45) is 1.71. The van der Waals surface area contributed by atoms with Crippen LogP contribution in [0, 0.1) is 5.92 Å². The van der Waals surface area contributed by atoms with Gasteiger partial charge in [-0.15, -0.1) is 13.2 Å². The van der Waals surface area contributed by atoms with Gasteiger partial charge in [0.25, 0.3) is 0 Å². The molecule has 4 aromatic rings. The fraction of sp³-hybridized carbons (Fsp3) is 0.486. The van der Waals surface area contributed by atoms with Crippen LogP contribution in [0.1, 0.15) is 42.4 Å². The van der Waals surface area contributed by atoms with Crippen LogP contribution in [0.3, 0.4) is 0 Å². The summed E-state index contributed by atoms with van der Waals surface area (Å²) in [5, 5.41) is 8.20. The maximum Gasteiger partial charge on any atom is 0.573 e. The molecule has 282 valence electrons. The van der Waals surface area contributed by atoms with Gasteiger partial charge in [-0.3, -0.25) is 9.59 Å². The molecule has 2 fully saturated rings. The summed E-state index contributed by atoms with van der Waals surface area (Å²) < 4.78 is 55.2. The number of nitrogens with one attached hydrogen (secondary N) is 1. The Balaban J connectivity index is 1.02. The van der Waals surface area contributed by atoms with Gasteiger partial charge in [-0.05, 0) is 80.1 Å². The second-order valence-corrected chi connectivity index (χ2v) is 13.7. The number of piperazine rings is 1. The number of hydrogen-bond donors (Lipinski definition) is 1. The van der Waals surface area contributed by atoms with E-state index in [1.807, 2.05) is 21.9 Å². The lowest BCUT2D eigenvalue weighted by atomic mass is 9.68. The molecule has 2 aliphatic heterocycles. The minimum Gasteiger partial charge on any atom is -0.493 e. The van der Waals surface area contributed by atoms with Crippen LogP contribution in [0.2, 0.25) is 0 Å². The van der Waals surface area contributed by atoms with E-state index in [1.54, 1.807) is 38.2 Å². The van der Waals surface area contributed by atoms with Gasteiger partial charge in [-0.25, -0.2) is 14.6 Å². The quantitative estimate of drug-likeness (QED) is 0.268. The fourth-order valence-corrected chi connectivity index (χ4v) is 8.30. The number of alkyl halides is 3. The number of nitrogens with zero attached hydrogens (tertiary/aromatic N) is 7. The number of rotatable bonds is 9. The Bertz CT molecular complexity index is 1970. The number of methoxy groups -OCH3 is 2. The third kappa shape index (κ3) is 7.15. The van der Waals surface area contributed by atoms with E-state index in [4.69, 9.17) is 9.47 Å². The summed E-state index contributed by atoms with van der Waals surface area (Å²) in [6.45, 7) is 3.22. The zero-order valence-corrected chi connectivity index (χ0v) is 30.0. The molecule has 0 unspecified atom stereocenters. The molecule has 2 aromatic heterocycles. The van der Waals surface area contributed by atoms with E-state index in [1.165, 1.54) is 24.5 Å². The normalized spacial score (nSPS) is 20.4. The second-order valence-electron chi connectivity index (χ2n) is 13.7. The molecule has 0 atom stereocenters. The molecule has 0 radical (unpaired) electrons. The maximum absolute atomic E-state index is 14.0. The van der Waals surface area contributed by atoms with E-state index >= 15 is 0 Å². The lowest BCUT2D eigenvalue weighted by Crippen LogP contribution is -2.57. The molecule has 2 amide bonds. The van der Waals surface area contributed by atoms with Gasteiger partial charge in [-0.2, -0.15) is 5.10 Å². The second kappa shape index (κ2) is 14.7. The van der Waals surface area contributed by atoms with Crippen LogP contribution in [-0.2, 0) is 28.1 Å². The van der Waals surface area contributed by atoms with Crippen molar-refractivity contribution in [3.05, 3.63) is 65.6 Å². The third-order valence-electron chi connectivity index (χ3n) is 10.8. The lowest BCUT2D eigenvalue weighted by molar-refractivity contribution is -0.274. The molecule has 1 saturated heterocycles. The van der Waals surface area contributed by atoms with Crippen molar-refractivity contribution in [3.8, 4) is 17.2 Å². The highest BCUT2D eigenvalue weighted by Gasteiger charge is 2.49. The molecule has 1 N–H and O–H groups in total. The summed E-state index contributed by atoms with van der Waals surface area (Å²) in [7, 11) is 5.01. The fourth-order valence-electron chi connectivity index (χ4n) is 8.30. The molecule has 7 rings (SSSR count). The van der Waals surface area contributed by atoms with Crippen LogP contribution in [0.15, 0.2) is 48.9 Å². The molecule has 4 heterocycles. The molecule has 1 saturated carbocycles. The highest BCUT2D eigenvalue weighted by atomic mass is 19.4. The number of carbonyl (C=O) groups is 2. The molecule has 0 bridgehead atoms. The number of amides is 2. The van der Waals surface area contributed by atoms with Crippen molar-refractivity contribution in [2.75, 3.05) is 65.4 Å². The average Bonchev–Trinajstić information content (AvgIpc) is 3.56. The van der Waals surface area contributed by atoms with Crippen molar-refractivity contribution >= 4 is 28.7 Å². The number of carbonyl (C=O) groups excluding carboxylic acids is 2. The molecule has 2 aromatic carbocycles. The van der Waals surface area contributed by atoms with E-state index in [-0.39, 0.29) is 36.6 Å². The number of ether oxygens (including phenoxy) is 3. The summed E-state index contributed by atoms with van der Waals surface area (Å²) in [5.41, 5.74) is 2.82. The Morgan fingerprint density at radius 1 is 0.981 bits per heavy atom. The van der Waals surface area contributed by atoms with Gasteiger partial charge in [0, 0.05) is 38.6 Å². The number of fused-ring (bicyclic) bond motifs is 3. The molecule has 53 heavy (non-hydrogen) atoms. The highest BCUT2D eigenvalue weighted by Crippen LogP contribution is 2.50. The van der Waals surface area contributed by atoms with Gasteiger partial charge in [0.05, 0.1) is 44.4 Å². The van der Waals surface area contributed by atoms with E-state index in [0.717, 1.165) is 11.1 Å². The van der Waals surface area contributed by atoms with E-state index < -0.39 is 11.9 Å². The van der Waals surface area contributed by atoms with Gasteiger partial charge in [-0.1, -0.05) is 12.1 Å². The Labute approximate surface area is 305 Å². The number of aromatic nitrogens is 4. The first-order chi connectivity index (χ1) is 25.5. The number of hydrogen-bond acceptors (Lipinski definition) is 10. The molecular formula is C37H43F3N8O5. The number of benzene rings is 2. The van der Waals surface area contributed by atoms with E-state index in [2.05, 4.69) is 30.0 Å². The van der Waals surface area contributed by atoms with Crippen molar-refractivity contribution in [1.82, 2.24) is 34.9 Å². The smallest absolute Gasteiger partial charge is 0.493 e. The van der Waals surface area contributed by atoms with E-state index in [0.29, 0.717) is 98.7 Å². The monoisotopic (exact) mass is 736 g/mol. The predicted octanol–water partition coefficient (Wildman–Crippen LogP) is 4.13. The zero-order chi connectivity index (χ0) is 37.3. The largest absolute Gasteiger partial charge is 0.573 e. The zero-order valence-electron chi connectivity index (χ0n) is 30.0. The van der Waals surface area contributed by atoms with Gasteiger partial charge >= 0.3 is 6.36 Å². The lowest BCUT2D eigenvalue weighted by Gasteiger charge is -2.52. The van der Waals surface area contributed by atoms with E-state index in [9.17, 15) is 22.8 Å². The number of halogens is 3. The molecule has 13 nitrogen and oxygen atoms in total. The SMILES string of the molecule is CNCC(=O)N1CCc2cc(OC)c(OC)cc2[C@]12CC[C@H](C(=O)N1CCN(c3ncnc4c3cnn4Cc3cccc(OC(F)(F)F)c3)CC1)CC2. The molecule has 16 heteroatoms. The number of likely N-dealkylation sites (N-methyl/N-ethyl adjacent to an activating group) is 1. The third-order valence-corrected chi connectivity index (χ3v) is 10.8. The maximum atomic E-state index is 14.0. The minimum atomic E-state index is -4.78. The average molecular weight is 737 g/mol. The minimum absolute atomic E-state index is 0.0444. The predicted molar refractivity (Wildman–Crippen MR) is 189 cm³/mol. The summed E-state index contributed by atoms with van der Waals surface area (Å²) in [4.78, 5) is 42.5. The Hall–Kier alpha value is -5.12. The van der Waals surface area contributed by atoms with Crippen LogP contribution in [0.5, 0.6) is 17.2 Å². The molecule has 3 aliphatic rings.